The molecule has 0 bridgehead atoms. The van der Waals surface area contributed by atoms with Crippen molar-refractivity contribution in [3.8, 4) is 5.75 Å². The van der Waals surface area contributed by atoms with Crippen molar-refractivity contribution in [3.63, 3.8) is 0 Å². The quantitative estimate of drug-likeness (QED) is 0.666. The van der Waals surface area contributed by atoms with Gasteiger partial charge in [0.25, 0.3) is 0 Å². The Labute approximate surface area is 109 Å². The van der Waals surface area contributed by atoms with Crippen LogP contribution < -0.4 is 4.74 Å². The predicted octanol–water partition coefficient (Wildman–Crippen LogP) is 4.32. The van der Waals surface area contributed by atoms with Crippen LogP contribution in [0.5, 0.6) is 5.75 Å². The number of rotatable bonds is 0. The zero-order valence-corrected chi connectivity index (χ0v) is 11.1. The molecule has 1 heteroatoms. The molecule has 0 radical (unpaired) electrons. The molecule has 0 atom stereocenters. The summed E-state index contributed by atoms with van der Waals surface area (Å²) in [6.07, 6.45) is 2.34. The second kappa shape index (κ2) is 6.25. The van der Waals surface area contributed by atoms with Crippen LogP contribution in [-0.4, -0.2) is 6.61 Å². The molecule has 18 heavy (non-hydrogen) atoms. The summed E-state index contributed by atoms with van der Waals surface area (Å²) < 4.78 is 5.50. The van der Waals surface area contributed by atoms with Crippen LogP contribution in [0.15, 0.2) is 48.5 Å². The zero-order valence-electron chi connectivity index (χ0n) is 11.1. The van der Waals surface area contributed by atoms with Gasteiger partial charge in [0.05, 0.1) is 6.61 Å². The normalized spacial score (nSPS) is 12.8. The molecule has 0 amide bonds. The highest BCUT2D eigenvalue weighted by Crippen LogP contribution is 2.25. The van der Waals surface area contributed by atoms with Gasteiger partial charge in [-0.2, -0.15) is 0 Å². The molecule has 94 valence electrons. The van der Waals surface area contributed by atoms with Gasteiger partial charge in [0.15, 0.2) is 0 Å². The third kappa shape index (κ3) is 3.63. The molecule has 3 rings (SSSR count). The van der Waals surface area contributed by atoms with E-state index in [0.29, 0.717) is 0 Å². The average molecular weight is 240 g/mol. The molecule has 1 aliphatic rings. The van der Waals surface area contributed by atoms with E-state index in [9.17, 15) is 0 Å². The zero-order chi connectivity index (χ0) is 12.8. The first-order valence-electron chi connectivity index (χ1n) is 6.50. The summed E-state index contributed by atoms with van der Waals surface area (Å²) in [6.45, 7) is 5.06. The van der Waals surface area contributed by atoms with Gasteiger partial charge >= 0.3 is 0 Å². The molecule has 2 aromatic carbocycles. The van der Waals surface area contributed by atoms with Crippen molar-refractivity contribution >= 4 is 0 Å². The van der Waals surface area contributed by atoms with E-state index in [4.69, 9.17) is 4.74 Å². The van der Waals surface area contributed by atoms with E-state index in [2.05, 4.69) is 44.2 Å². The standard InChI is InChI=1S/C10H12O.C7H8/c1-8-4-5-9-3-2-6-11-10(9)7-8;1-7-5-3-2-4-6-7/h4-5,7H,2-3,6H2,1H3;2-6H,1H3. The topological polar surface area (TPSA) is 9.23 Å². The molecule has 2 aromatic rings. The van der Waals surface area contributed by atoms with Crippen LogP contribution in [0.25, 0.3) is 0 Å². The Morgan fingerprint density at radius 3 is 2.33 bits per heavy atom. The summed E-state index contributed by atoms with van der Waals surface area (Å²) in [7, 11) is 0. The lowest BCUT2D eigenvalue weighted by Crippen LogP contribution is -2.07. The third-order valence-corrected chi connectivity index (χ3v) is 3.01. The summed E-state index contributed by atoms with van der Waals surface area (Å²) in [4.78, 5) is 0. The van der Waals surface area contributed by atoms with E-state index in [1.807, 2.05) is 18.2 Å². The Morgan fingerprint density at radius 2 is 1.67 bits per heavy atom. The van der Waals surface area contributed by atoms with Crippen LogP contribution in [0, 0.1) is 13.8 Å². The summed E-state index contributed by atoms with van der Waals surface area (Å²) >= 11 is 0. The van der Waals surface area contributed by atoms with Gasteiger partial charge in [0, 0.05) is 0 Å². The van der Waals surface area contributed by atoms with Gasteiger partial charge in [-0.1, -0.05) is 48.0 Å². The highest BCUT2D eigenvalue weighted by Gasteiger charge is 2.08. The largest absolute Gasteiger partial charge is 0.493 e. The maximum Gasteiger partial charge on any atom is 0.122 e. The molecule has 0 spiro atoms. The molecular weight excluding hydrogens is 220 g/mol. The number of hydrogen-bond acceptors (Lipinski definition) is 1. The van der Waals surface area contributed by atoms with Crippen molar-refractivity contribution in [2.75, 3.05) is 6.61 Å². The van der Waals surface area contributed by atoms with E-state index in [-0.39, 0.29) is 0 Å². The van der Waals surface area contributed by atoms with Gasteiger partial charge in [0.1, 0.15) is 5.75 Å². The highest BCUT2D eigenvalue weighted by molar-refractivity contribution is 5.38. The lowest BCUT2D eigenvalue weighted by Gasteiger charge is -2.16. The Bertz CT molecular complexity index is 488. The van der Waals surface area contributed by atoms with Gasteiger partial charge in [-0.3, -0.25) is 0 Å². The first kappa shape index (κ1) is 12.7. The minimum absolute atomic E-state index is 0.885. The van der Waals surface area contributed by atoms with Crippen molar-refractivity contribution in [2.24, 2.45) is 0 Å². The lowest BCUT2D eigenvalue weighted by atomic mass is 10.0. The van der Waals surface area contributed by atoms with Crippen LogP contribution >= 0.6 is 0 Å². The fourth-order valence-electron chi connectivity index (χ4n) is 1.98. The number of aryl methyl sites for hydroxylation is 3. The molecule has 1 heterocycles. The Hall–Kier alpha value is -1.76. The molecule has 0 aliphatic carbocycles. The molecule has 1 nitrogen and oxygen atoms in total. The van der Waals surface area contributed by atoms with E-state index >= 15 is 0 Å². The predicted molar refractivity (Wildman–Crippen MR) is 76.2 cm³/mol. The highest BCUT2D eigenvalue weighted by atomic mass is 16.5. The number of ether oxygens (including phenoxy) is 1. The average Bonchev–Trinajstić information content (AvgIpc) is 2.40. The van der Waals surface area contributed by atoms with Crippen molar-refractivity contribution in [2.45, 2.75) is 26.7 Å². The summed E-state index contributed by atoms with van der Waals surface area (Å²) in [5.41, 5.74) is 3.97. The van der Waals surface area contributed by atoms with Gasteiger partial charge in [-0.05, 0) is 43.9 Å². The SMILES string of the molecule is Cc1ccc2c(c1)OCCC2.Cc1ccccc1. The second-order valence-electron chi connectivity index (χ2n) is 4.72. The van der Waals surface area contributed by atoms with Crippen LogP contribution in [0.2, 0.25) is 0 Å². The van der Waals surface area contributed by atoms with Crippen molar-refractivity contribution in [1.82, 2.24) is 0 Å². The summed E-state index contributed by atoms with van der Waals surface area (Å²) in [5.74, 6) is 1.09. The molecule has 0 N–H and O–H groups in total. The molecule has 0 saturated carbocycles. The Kier molecular flexibility index (Phi) is 4.40. The molecule has 1 aliphatic heterocycles. The summed E-state index contributed by atoms with van der Waals surface area (Å²) in [6, 6.07) is 16.7. The molecule has 0 saturated heterocycles. The second-order valence-corrected chi connectivity index (χ2v) is 4.72. The van der Waals surface area contributed by atoms with E-state index < -0.39 is 0 Å². The molecule has 0 fully saturated rings. The number of benzene rings is 2. The Morgan fingerprint density at radius 1 is 0.889 bits per heavy atom. The first-order chi connectivity index (χ1) is 8.75. The van der Waals surface area contributed by atoms with Gasteiger partial charge < -0.3 is 4.74 Å². The van der Waals surface area contributed by atoms with Crippen LogP contribution in [0.1, 0.15) is 23.1 Å². The van der Waals surface area contributed by atoms with Gasteiger partial charge in [-0.25, -0.2) is 0 Å². The minimum atomic E-state index is 0.885. The fourth-order valence-corrected chi connectivity index (χ4v) is 1.98. The third-order valence-electron chi connectivity index (χ3n) is 3.01. The monoisotopic (exact) mass is 240 g/mol. The fraction of sp³-hybridized carbons (Fsp3) is 0.294. The maximum absolute atomic E-state index is 5.50. The molecule has 0 unspecified atom stereocenters. The van der Waals surface area contributed by atoms with Crippen molar-refractivity contribution in [3.05, 3.63) is 65.2 Å². The first-order valence-corrected chi connectivity index (χ1v) is 6.50. The van der Waals surface area contributed by atoms with Crippen LogP contribution in [0.4, 0.5) is 0 Å². The summed E-state index contributed by atoms with van der Waals surface area (Å²) in [5, 5.41) is 0. The van der Waals surface area contributed by atoms with Crippen molar-refractivity contribution < 1.29 is 4.74 Å². The number of hydrogen-bond donors (Lipinski definition) is 0. The molecular formula is C17H20O. The number of fused-ring (bicyclic) bond motifs is 1. The minimum Gasteiger partial charge on any atom is -0.493 e. The van der Waals surface area contributed by atoms with Gasteiger partial charge in [-0.15, -0.1) is 0 Å². The smallest absolute Gasteiger partial charge is 0.122 e. The Balaban J connectivity index is 0.000000149. The lowest BCUT2D eigenvalue weighted by molar-refractivity contribution is 0.288. The van der Waals surface area contributed by atoms with Crippen LogP contribution in [0.3, 0.4) is 0 Å². The van der Waals surface area contributed by atoms with Crippen LogP contribution in [-0.2, 0) is 6.42 Å². The maximum atomic E-state index is 5.50. The van der Waals surface area contributed by atoms with E-state index in [1.54, 1.807) is 0 Å². The van der Waals surface area contributed by atoms with E-state index in [0.717, 1.165) is 18.8 Å². The van der Waals surface area contributed by atoms with Gasteiger partial charge in [0.2, 0.25) is 0 Å². The van der Waals surface area contributed by atoms with Crippen molar-refractivity contribution in [1.29, 1.82) is 0 Å². The van der Waals surface area contributed by atoms with E-state index in [1.165, 1.54) is 23.1 Å². The molecule has 0 aromatic heterocycles.